The zero-order valence-electron chi connectivity index (χ0n) is 12.9. The van der Waals surface area contributed by atoms with Crippen LogP contribution < -0.4 is 0 Å². The third kappa shape index (κ3) is 3.64. The van der Waals surface area contributed by atoms with Crippen molar-refractivity contribution in [3.63, 3.8) is 0 Å². The molecule has 0 bridgehead atoms. The number of hydrogen-bond acceptors (Lipinski definition) is 4. The van der Waals surface area contributed by atoms with Crippen LogP contribution in [0.1, 0.15) is 38.5 Å². The van der Waals surface area contributed by atoms with Gasteiger partial charge in [-0.1, -0.05) is 24.6 Å². The van der Waals surface area contributed by atoms with Crippen LogP contribution in [0.3, 0.4) is 0 Å². The Bertz CT molecular complexity index is 555. The Morgan fingerprint density at radius 3 is 2.59 bits per heavy atom. The molecule has 0 spiro atoms. The summed E-state index contributed by atoms with van der Waals surface area (Å²) in [4.78, 5) is 24.9. The van der Waals surface area contributed by atoms with Gasteiger partial charge >= 0.3 is 5.97 Å². The second kappa shape index (κ2) is 7.68. The fourth-order valence-electron chi connectivity index (χ4n) is 3.06. The highest BCUT2D eigenvalue weighted by Crippen LogP contribution is 2.40. The van der Waals surface area contributed by atoms with Gasteiger partial charge in [0.05, 0.1) is 17.9 Å². The van der Waals surface area contributed by atoms with Crippen molar-refractivity contribution >= 4 is 22.6 Å². The summed E-state index contributed by atoms with van der Waals surface area (Å²) < 4.78 is 17.0. The van der Waals surface area contributed by atoms with Crippen LogP contribution in [0.4, 0.5) is 0 Å². The highest BCUT2D eigenvalue weighted by atomic mass is 32.2. The summed E-state index contributed by atoms with van der Waals surface area (Å²) in [6.07, 6.45) is 3.74. The van der Waals surface area contributed by atoms with E-state index in [2.05, 4.69) is 0 Å². The van der Waals surface area contributed by atoms with Gasteiger partial charge in [0.2, 0.25) is 0 Å². The van der Waals surface area contributed by atoms with Crippen LogP contribution in [0.2, 0.25) is 0 Å². The SMILES string of the molecule is COC(=O)C1(CCCCS(=O)c2ccccc2)CCCC1=O. The van der Waals surface area contributed by atoms with Gasteiger partial charge in [0.15, 0.2) is 0 Å². The molecule has 2 rings (SSSR count). The van der Waals surface area contributed by atoms with Crippen molar-refractivity contribution in [2.75, 3.05) is 12.9 Å². The molecule has 1 saturated carbocycles. The van der Waals surface area contributed by atoms with E-state index in [1.807, 2.05) is 30.3 Å². The molecule has 1 aliphatic carbocycles. The van der Waals surface area contributed by atoms with E-state index in [1.54, 1.807) is 0 Å². The minimum absolute atomic E-state index is 0.00327. The number of ether oxygens (including phenoxy) is 1. The van der Waals surface area contributed by atoms with E-state index in [-0.39, 0.29) is 5.78 Å². The van der Waals surface area contributed by atoms with Crippen LogP contribution >= 0.6 is 0 Å². The van der Waals surface area contributed by atoms with Gasteiger partial charge in [0.25, 0.3) is 0 Å². The Morgan fingerprint density at radius 1 is 1.27 bits per heavy atom. The molecular weight excluding hydrogens is 300 g/mol. The maximum absolute atomic E-state index is 12.1. The molecular formula is C17H22O4S. The number of unbranched alkanes of at least 4 members (excludes halogenated alkanes) is 1. The molecule has 2 unspecified atom stereocenters. The number of carbonyl (C=O) groups is 2. The summed E-state index contributed by atoms with van der Waals surface area (Å²) in [7, 11) is 0.311. The Kier molecular flexibility index (Phi) is 5.89. The van der Waals surface area contributed by atoms with E-state index < -0.39 is 22.2 Å². The average molecular weight is 322 g/mol. The molecule has 0 saturated heterocycles. The first-order chi connectivity index (χ1) is 10.6. The molecule has 0 amide bonds. The Morgan fingerprint density at radius 2 is 2.00 bits per heavy atom. The van der Waals surface area contributed by atoms with Crippen LogP contribution in [0.25, 0.3) is 0 Å². The summed E-state index contributed by atoms with van der Waals surface area (Å²) in [5, 5.41) is 0. The van der Waals surface area contributed by atoms with Crippen molar-refractivity contribution in [1.29, 1.82) is 0 Å². The number of hydrogen-bond donors (Lipinski definition) is 0. The Balaban J connectivity index is 1.85. The average Bonchev–Trinajstić information content (AvgIpc) is 2.93. The van der Waals surface area contributed by atoms with Crippen molar-refractivity contribution in [3.8, 4) is 0 Å². The van der Waals surface area contributed by atoms with E-state index in [0.717, 1.165) is 17.7 Å². The molecule has 5 heteroatoms. The molecule has 1 aromatic carbocycles. The highest BCUT2D eigenvalue weighted by molar-refractivity contribution is 7.85. The molecule has 0 N–H and O–H groups in total. The lowest BCUT2D eigenvalue weighted by molar-refractivity contribution is -0.157. The van der Waals surface area contributed by atoms with Gasteiger partial charge in [0.1, 0.15) is 11.2 Å². The molecule has 2 atom stereocenters. The first-order valence-electron chi connectivity index (χ1n) is 7.65. The zero-order chi connectivity index (χ0) is 16.0. The van der Waals surface area contributed by atoms with Crippen molar-refractivity contribution < 1.29 is 18.5 Å². The largest absolute Gasteiger partial charge is 0.468 e. The predicted octanol–water partition coefficient (Wildman–Crippen LogP) is 2.88. The van der Waals surface area contributed by atoms with E-state index in [9.17, 15) is 13.8 Å². The van der Waals surface area contributed by atoms with Gasteiger partial charge < -0.3 is 4.74 Å². The summed E-state index contributed by atoms with van der Waals surface area (Å²) in [6, 6.07) is 9.35. The lowest BCUT2D eigenvalue weighted by Crippen LogP contribution is -2.36. The van der Waals surface area contributed by atoms with E-state index in [0.29, 0.717) is 31.4 Å². The van der Waals surface area contributed by atoms with E-state index in [4.69, 9.17) is 4.74 Å². The van der Waals surface area contributed by atoms with E-state index in [1.165, 1.54) is 7.11 Å². The molecule has 0 heterocycles. The molecule has 1 fully saturated rings. The lowest BCUT2D eigenvalue weighted by atomic mass is 9.80. The number of methoxy groups -OCH3 is 1. The van der Waals surface area contributed by atoms with Crippen LogP contribution in [0.5, 0.6) is 0 Å². The molecule has 0 aromatic heterocycles. The number of esters is 1. The quantitative estimate of drug-likeness (QED) is 0.440. The lowest BCUT2D eigenvalue weighted by Gasteiger charge is -2.24. The minimum atomic E-state index is -1.02. The number of ketones is 1. The van der Waals surface area contributed by atoms with Crippen molar-refractivity contribution in [1.82, 2.24) is 0 Å². The first kappa shape index (κ1) is 16.9. The second-order valence-corrected chi connectivity index (χ2v) is 7.24. The van der Waals surface area contributed by atoms with Gasteiger partial charge in [-0.25, -0.2) is 0 Å². The summed E-state index contributed by atoms with van der Waals surface area (Å²) in [5.74, 6) is 0.151. The van der Waals surface area contributed by atoms with Crippen LogP contribution in [-0.4, -0.2) is 28.8 Å². The summed E-state index contributed by atoms with van der Waals surface area (Å²) in [5.41, 5.74) is -0.941. The monoisotopic (exact) mass is 322 g/mol. The third-order valence-electron chi connectivity index (χ3n) is 4.31. The van der Waals surface area contributed by atoms with Crippen molar-refractivity contribution in [2.24, 2.45) is 5.41 Å². The number of benzene rings is 1. The minimum Gasteiger partial charge on any atom is -0.468 e. The van der Waals surface area contributed by atoms with Gasteiger partial charge in [-0.2, -0.15) is 0 Å². The maximum Gasteiger partial charge on any atom is 0.319 e. The maximum atomic E-state index is 12.1. The molecule has 1 aromatic rings. The standard InChI is InChI=1S/C17H22O4S/c1-21-16(19)17(12-7-10-15(17)18)11-5-6-13-22(20)14-8-3-2-4-9-14/h2-4,8-9H,5-7,10-13H2,1H3. The number of rotatable bonds is 7. The summed E-state index contributed by atoms with van der Waals surface area (Å²) in [6.45, 7) is 0. The Hall–Kier alpha value is -1.49. The molecule has 1 aliphatic rings. The second-order valence-electron chi connectivity index (χ2n) is 5.67. The fourth-order valence-corrected chi connectivity index (χ4v) is 4.22. The topological polar surface area (TPSA) is 60.4 Å². The highest BCUT2D eigenvalue weighted by Gasteiger charge is 2.48. The Labute approximate surface area is 133 Å². The van der Waals surface area contributed by atoms with Crippen LogP contribution in [-0.2, 0) is 25.1 Å². The smallest absolute Gasteiger partial charge is 0.319 e. The van der Waals surface area contributed by atoms with Crippen molar-refractivity contribution in [2.45, 2.75) is 43.4 Å². The number of carbonyl (C=O) groups excluding carboxylic acids is 2. The predicted molar refractivity (Wildman–Crippen MR) is 84.9 cm³/mol. The normalized spacial score (nSPS) is 22.5. The molecule has 120 valence electrons. The first-order valence-corrected chi connectivity index (χ1v) is 8.97. The van der Waals surface area contributed by atoms with Crippen LogP contribution in [0, 0.1) is 5.41 Å². The molecule has 4 nitrogen and oxygen atoms in total. The summed E-state index contributed by atoms with van der Waals surface area (Å²) >= 11 is 0. The van der Waals surface area contributed by atoms with Gasteiger partial charge in [-0.3, -0.25) is 13.8 Å². The molecule has 0 radical (unpaired) electrons. The van der Waals surface area contributed by atoms with Gasteiger partial charge in [-0.05, 0) is 37.8 Å². The van der Waals surface area contributed by atoms with Gasteiger partial charge in [-0.15, -0.1) is 0 Å². The fraction of sp³-hybridized carbons (Fsp3) is 0.529. The van der Waals surface area contributed by atoms with Crippen LogP contribution in [0.15, 0.2) is 35.2 Å². The molecule has 0 aliphatic heterocycles. The molecule has 22 heavy (non-hydrogen) atoms. The zero-order valence-corrected chi connectivity index (χ0v) is 13.7. The van der Waals surface area contributed by atoms with E-state index >= 15 is 0 Å². The van der Waals surface area contributed by atoms with Gasteiger partial charge in [0, 0.05) is 17.1 Å². The third-order valence-corrected chi connectivity index (χ3v) is 5.76. The number of Topliss-reactive ketones (excluding diaryl/α,β-unsaturated/α-hetero) is 1. The van der Waals surface area contributed by atoms with Crippen molar-refractivity contribution in [3.05, 3.63) is 30.3 Å².